The second kappa shape index (κ2) is 7.53. The molecule has 0 spiro atoms. The molecule has 1 amide bonds. The highest BCUT2D eigenvalue weighted by molar-refractivity contribution is 5.94. The number of halogens is 3. The molecule has 2 heterocycles. The van der Waals surface area contributed by atoms with Crippen molar-refractivity contribution in [2.24, 2.45) is 5.73 Å². The molecule has 1 aromatic heterocycles. The Labute approximate surface area is 153 Å². The summed E-state index contributed by atoms with van der Waals surface area (Å²) in [6, 6.07) is 8.26. The highest BCUT2D eigenvalue weighted by Gasteiger charge is 2.33. The highest BCUT2D eigenvalue weighted by Crippen LogP contribution is 2.31. The lowest BCUT2D eigenvalue weighted by atomic mass is 10.2. The summed E-state index contributed by atoms with van der Waals surface area (Å²) in [6.45, 7) is 0.594. The van der Waals surface area contributed by atoms with Gasteiger partial charge in [0, 0.05) is 31.3 Å². The predicted octanol–water partition coefficient (Wildman–Crippen LogP) is 2.56. The van der Waals surface area contributed by atoms with Crippen LogP contribution in [0, 0.1) is 0 Å². The SMILES string of the molecule is NCc1cc(Oc2cccc(C(=O)N3CC[C@@H](O)C3)c2)nc(C(F)(F)F)c1. The van der Waals surface area contributed by atoms with Gasteiger partial charge in [0.05, 0.1) is 6.10 Å². The largest absolute Gasteiger partial charge is 0.439 e. The fourth-order valence-corrected chi connectivity index (χ4v) is 2.80. The summed E-state index contributed by atoms with van der Waals surface area (Å²) in [4.78, 5) is 17.5. The highest BCUT2D eigenvalue weighted by atomic mass is 19.4. The lowest BCUT2D eigenvalue weighted by molar-refractivity contribution is -0.141. The van der Waals surface area contributed by atoms with Crippen LogP contribution in [-0.4, -0.2) is 40.1 Å². The second-order valence-electron chi connectivity index (χ2n) is 6.22. The molecule has 27 heavy (non-hydrogen) atoms. The number of rotatable bonds is 4. The molecule has 0 aliphatic carbocycles. The van der Waals surface area contributed by atoms with Gasteiger partial charge in [-0.3, -0.25) is 4.79 Å². The minimum atomic E-state index is -4.63. The molecule has 3 rings (SSSR count). The van der Waals surface area contributed by atoms with Crippen LogP contribution >= 0.6 is 0 Å². The number of ether oxygens (including phenoxy) is 1. The van der Waals surface area contributed by atoms with Crippen LogP contribution in [0.3, 0.4) is 0 Å². The molecule has 0 bridgehead atoms. The molecule has 1 aliphatic heterocycles. The first-order chi connectivity index (χ1) is 12.8. The summed E-state index contributed by atoms with van der Waals surface area (Å²) in [5.41, 5.74) is 4.89. The van der Waals surface area contributed by atoms with Gasteiger partial charge in [0.2, 0.25) is 5.88 Å². The number of aliphatic hydroxyl groups excluding tert-OH is 1. The molecular weight excluding hydrogens is 363 g/mol. The van der Waals surface area contributed by atoms with Gasteiger partial charge in [-0.25, -0.2) is 4.98 Å². The van der Waals surface area contributed by atoms with Gasteiger partial charge >= 0.3 is 6.18 Å². The second-order valence-corrected chi connectivity index (χ2v) is 6.22. The third-order valence-electron chi connectivity index (χ3n) is 4.14. The number of hydrogen-bond acceptors (Lipinski definition) is 5. The maximum Gasteiger partial charge on any atom is 0.433 e. The van der Waals surface area contributed by atoms with E-state index < -0.39 is 18.0 Å². The number of carbonyl (C=O) groups is 1. The van der Waals surface area contributed by atoms with Gasteiger partial charge < -0.3 is 20.5 Å². The van der Waals surface area contributed by atoms with Crippen molar-refractivity contribution in [1.82, 2.24) is 9.88 Å². The summed E-state index contributed by atoms with van der Waals surface area (Å²) >= 11 is 0. The fourth-order valence-electron chi connectivity index (χ4n) is 2.80. The molecular formula is C18H18F3N3O3. The fraction of sp³-hybridized carbons (Fsp3) is 0.333. The number of nitrogens with zero attached hydrogens (tertiary/aromatic N) is 2. The third-order valence-corrected chi connectivity index (χ3v) is 4.14. The van der Waals surface area contributed by atoms with E-state index in [1.807, 2.05) is 0 Å². The average Bonchev–Trinajstić information content (AvgIpc) is 3.06. The van der Waals surface area contributed by atoms with E-state index >= 15 is 0 Å². The maximum absolute atomic E-state index is 13.0. The van der Waals surface area contributed by atoms with E-state index in [-0.39, 0.29) is 36.2 Å². The summed E-state index contributed by atoms with van der Waals surface area (Å²) in [5, 5.41) is 9.56. The third kappa shape index (κ3) is 4.55. The van der Waals surface area contributed by atoms with Crippen molar-refractivity contribution in [3.63, 3.8) is 0 Å². The van der Waals surface area contributed by atoms with Crippen LogP contribution in [0.25, 0.3) is 0 Å². The molecule has 6 nitrogen and oxygen atoms in total. The van der Waals surface area contributed by atoms with Crippen LogP contribution in [0.15, 0.2) is 36.4 Å². The molecule has 1 atom stereocenters. The van der Waals surface area contributed by atoms with Crippen molar-refractivity contribution in [3.05, 3.63) is 53.2 Å². The van der Waals surface area contributed by atoms with Crippen molar-refractivity contribution in [2.75, 3.05) is 13.1 Å². The zero-order chi connectivity index (χ0) is 19.6. The van der Waals surface area contributed by atoms with Crippen LogP contribution in [0.2, 0.25) is 0 Å². The molecule has 1 aliphatic rings. The lowest BCUT2D eigenvalue weighted by Crippen LogP contribution is -2.29. The zero-order valence-electron chi connectivity index (χ0n) is 14.2. The van der Waals surface area contributed by atoms with E-state index in [4.69, 9.17) is 10.5 Å². The molecule has 0 radical (unpaired) electrons. The number of benzene rings is 1. The summed E-state index contributed by atoms with van der Waals surface area (Å²) < 4.78 is 44.3. The van der Waals surface area contributed by atoms with Gasteiger partial charge in [0.25, 0.3) is 5.91 Å². The lowest BCUT2D eigenvalue weighted by Gasteiger charge is -2.16. The molecule has 1 aromatic carbocycles. The minimum absolute atomic E-state index is 0.0994. The Morgan fingerprint density at radius 1 is 1.33 bits per heavy atom. The van der Waals surface area contributed by atoms with Gasteiger partial charge in [-0.2, -0.15) is 13.2 Å². The van der Waals surface area contributed by atoms with Gasteiger partial charge in [-0.05, 0) is 36.2 Å². The van der Waals surface area contributed by atoms with E-state index in [0.717, 1.165) is 6.07 Å². The Morgan fingerprint density at radius 2 is 2.11 bits per heavy atom. The normalized spacial score (nSPS) is 17.2. The Hall–Kier alpha value is -2.65. The number of amides is 1. The number of alkyl halides is 3. The Morgan fingerprint density at radius 3 is 2.74 bits per heavy atom. The van der Waals surface area contributed by atoms with E-state index in [1.54, 1.807) is 12.1 Å². The van der Waals surface area contributed by atoms with Crippen LogP contribution < -0.4 is 10.5 Å². The summed E-state index contributed by atoms with van der Waals surface area (Å²) in [6.07, 6.45) is -4.66. The van der Waals surface area contributed by atoms with Gasteiger partial charge in [-0.15, -0.1) is 0 Å². The molecule has 1 fully saturated rings. The van der Waals surface area contributed by atoms with Crippen molar-refractivity contribution in [3.8, 4) is 11.6 Å². The molecule has 3 N–H and O–H groups in total. The first-order valence-electron chi connectivity index (χ1n) is 8.30. The summed E-state index contributed by atoms with van der Waals surface area (Å²) in [5.74, 6) is -0.362. The van der Waals surface area contributed by atoms with Gasteiger partial charge in [-0.1, -0.05) is 6.07 Å². The Bertz CT molecular complexity index is 842. The number of hydrogen-bond donors (Lipinski definition) is 2. The number of carbonyl (C=O) groups excluding carboxylic acids is 1. The van der Waals surface area contributed by atoms with Crippen molar-refractivity contribution >= 4 is 5.91 Å². The van der Waals surface area contributed by atoms with Crippen LogP contribution in [0.4, 0.5) is 13.2 Å². The van der Waals surface area contributed by atoms with E-state index in [2.05, 4.69) is 4.98 Å². The van der Waals surface area contributed by atoms with Crippen molar-refractivity contribution < 1.29 is 27.8 Å². The van der Waals surface area contributed by atoms with Crippen LogP contribution in [-0.2, 0) is 12.7 Å². The zero-order valence-corrected chi connectivity index (χ0v) is 14.2. The smallest absolute Gasteiger partial charge is 0.433 e. The van der Waals surface area contributed by atoms with E-state index in [0.29, 0.717) is 18.5 Å². The van der Waals surface area contributed by atoms with Crippen molar-refractivity contribution in [2.45, 2.75) is 25.2 Å². The van der Waals surface area contributed by atoms with Crippen LogP contribution in [0.5, 0.6) is 11.6 Å². The number of nitrogens with two attached hydrogens (primary N) is 1. The van der Waals surface area contributed by atoms with Crippen molar-refractivity contribution in [1.29, 1.82) is 0 Å². The molecule has 144 valence electrons. The number of β-amino-alcohol motifs (C(OH)–C–C–N with tert-alkyl or cyclic N) is 1. The molecule has 1 saturated heterocycles. The number of pyridine rings is 1. The predicted molar refractivity (Wildman–Crippen MR) is 90.2 cm³/mol. The quantitative estimate of drug-likeness (QED) is 0.850. The molecule has 0 saturated carbocycles. The Balaban J connectivity index is 1.83. The molecule has 2 aromatic rings. The summed E-state index contributed by atoms with van der Waals surface area (Å²) in [7, 11) is 0. The molecule has 0 unspecified atom stereocenters. The topological polar surface area (TPSA) is 88.7 Å². The van der Waals surface area contributed by atoms with Gasteiger partial charge in [0.15, 0.2) is 0 Å². The van der Waals surface area contributed by atoms with Gasteiger partial charge in [0.1, 0.15) is 11.4 Å². The average molecular weight is 381 g/mol. The minimum Gasteiger partial charge on any atom is -0.439 e. The number of aromatic nitrogens is 1. The first kappa shape index (κ1) is 19.1. The van der Waals surface area contributed by atoms with Crippen LogP contribution in [0.1, 0.15) is 28.0 Å². The molecule has 9 heteroatoms. The number of likely N-dealkylation sites (tertiary alicyclic amines) is 1. The Kier molecular flexibility index (Phi) is 5.33. The van der Waals surface area contributed by atoms with E-state index in [1.165, 1.54) is 23.1 Å². The standard InChI is InChI=1S/C18H18F3N3O3/c19-18(20,21)15-6-11(9-22)7-16(23-15)27-14-3-1-2-12(8-14)17(26)24-5-4-13(25)10-24/h1-3,6-8,13,25H,4-5,9-10,22H2/t13-/m1/s1. The maximum atomic E-state index is 13.0. The monoisotopic (exact) mass is 381 g/mol. The van der Waals surface area contributed by atoms with E-state index in [9.17, 15) is 23.1 Å². The number of aliphatic hydroxyl groups is 1. The first-order valence-corrected chi connectivity index (χ1v) is 8.30.